The number of hydrogen-bond acceptors (Lipinski definition) is 3. The predicted octanol–water partition coefficient (Wildman–Crippen LogP) is 2.60. The van der Waals surface area contributed by atoms with Crippen LogP contribution in [0, 0.1) is 0 Å². The average Bonchev–Trinajstić information content (AvgIpc) is 2.28. The molecule has 17 heavy (non-hydrogen) atoms. The average molecular weight is 237 g/mol. The van der Waals surface area contributed by atoms with Crippen LogP contribution in [-0.2, 0) is 11.3 Å². The van der Waals surface area contributed by atoms with Gasteiger partial charge in [0.25, 0.3) is 0 Å². The molecular formula is C14H23NO2. The zero-order chi connectivity index (χ0) is 12.7. The Hall–Kier alpha value is -1.06. The van der Waals surface area contributed by atoms with Gasteiger partial charge >= 0.3 is 0 Å². The van der Waals surface area contributed by atoms with Crippen molar-refractivity contribution in [3.63, 3.8) is 0 Å². The zero-order valence-corrected chi connectivity index (χ0v) is 11.2. The van der Waals surface area contributed by atoms with Gasteiger partial charge in [0.15, 0.2) is 0 Å². The second-order valence-corrected chi connectivity index (χ2v) is 4.49. The molecule has 1 N–H and O–H groups in total. The molecule has 0 radical (unpaired) electrons. The van der Waals surface area contributed by atoms with Crippen molar-refractivity contribution in [2.24, 2.45) is 0 Å². The van der Waals surface area contributed by atoms with Crippen molar-refractivity contribution in [3.8, 4) is 5.75 Å². The van der Waals surface area contributed by atoms with Crippen LogP contribution >= 0.6 is 0 Å². The quantitative estimate of drug-likeness (QED) is 0.790. The highest BCUT2D eigenvalue weighted by atomic mass is 16.5. The summed E-state index contributed by atoms with van der Waals surface area (Å²) in [4.78, 5) is 0. The largest absolute Gasteiger partial charge is 0.491 e. The summed E-state index contributed by atoms with van der Waals surface area (Å²) in [6.07, 6.45) is 0.455. The Balaban J connectivity index is 2.43. The molecule has 0 heterocycles. The molecular weight excluding hydrogens is 214 g/mol. The highest BCUT2D eigenvalue weighted by Crippen LogP contribution is 2.14. The van der Waals surface area contributed by atoms with Crippen LogP contribution in [-0.4, -0.2) is 25.9 Å². The zero-order valence-electron chi connectivity index (χ0n) is 11.2. The molecule has 0 fully saturated rings. The van der Waals surface area contributed by atoms with E-state index < -0.39 is 0 Å². The lowest BCUT2D eigenvalue weighted by atomic mass is 10.2. The SMILES string of the molecule is COC(C)CNCc1cccc(OC(C)C)c1. The predicted molar refractivity (Wildman–Crippen MR) is 70.4 cm³/mol. The summed E-state index contributed by atoms with van der Waals surface area (Å²) >= 11 is 0. The van der Waals surface area contributed by atoms with Crippen molar-refractivity contribution in [2.45, 2.75) is 39.5 Å². The van der Waals surface area contributed by atoms with Gasteiger partial charge in [0.1, 0.15) is 5.75 Å². The van der Waals surface area contributed by atoms with E-state index in [1.165, 1.54) is 5.56 Å². The summed E-state index contributed by atoms with van der Waals surface area (Å²) in [5.74, 6) is 0.930. The first-order chi connectivity index (χ1) is 8.11. The van der Waals surface area contributed by atoms with Crippen molar-refractivity contribution in [1.82, 2.24) is 5.32 Å². The lowest BCUT2D eigenvalue weighted by Crippen LogP contribution is -2.25. The Kier molecular flexibility index (Phi) is 6.01. The summed E-state index contributed by atoms with van der Waals surface area (Å²) in [5, 5.41) is 3.35. The van der Waals surface area contributed by atoms with Crippen LogP contribution in [0.25, 0.3) is 0 Å². The lowest BCUT2D eigenvalue weighted by molar-refractivity contribution is 0.117. The molecule has 3 heteroatoms. The molecule has 0 aliphatic carbocycles. The number of methoxy groups -OCH3 is 1. The Morgan fingerprint density at radius 1 is 1.24 bits per heavy atom. The van der Waals surface area contributed by atoms with Crippen LogP contribution in [0.5, 0.6) is 5.75 Å². The van der Waals surface area contributed by atoms with Crippen LogP contribution in [0.15, 0.2) is 24.3 Å². The third-order valence-corrected chi connectivity index (χ3v) is 2.43. The lowest BCUT2D eigenvalue weighted by Gasteiger charge is -2.13. The molecule has 0 saturated carbocycles. The first kappa shape index (κ1) is 14.0. The molecule has 0 saturated heterocycles. The van der Waals surface area contributed by atoms with E-state index in [4.69, 9.17) is 9.47 Å². The van der Waals surface area contributed by atoms with E-state index in [9.17, 15) is 0 Å². The van der Waals surface area contributed by atoms with Crippen LogP contribution < -0.4 is 10.1 Å². The van der Waals surface area contributed by atoms with Gasteiger partial charge in [-0.3, -0.25) is 0 Å². The fourth-order valence-electron chi connectivity index (χ4n) is 1.50. The first-order valence-electron chi connectivity index (χ1n) is 6.11. The van der Waals surface area contributed by atoms with Gasteiger partial charge in [-0.25, -0.2) is 0 Å². The summed E-state index contributed by atoms with van der Waals surface area (Å²) in [5.41, 5.74) is 1.23. The molecule has 1 unspecified atom stereocenters. The molecule has 1 atom stereocenters. The highest BCUT2D eigenvalue weighted by molar-refractivity contribution is 5.28. The van der Waals surface area contributed by atoms with Crippen molar-refractivity contribution in [1.29, 1.82) is 0 Å². The third kappa shape index (κ3) is 5.71. The molecule has 1 aromatic rings. The monoisotopic (exact) mass is 237 g/mol. The first-order valence-corrected chi connectivity index (χ1v) is 6.11. The maximum Gasteiger partial charge on any atom is 0.120 e. The summed E-state index contributed by atoms with van der Waals surface area (Å²) < 4.78 is 10.8. The Morgan fingerprint density at radius 3 is 2.65 bits per heavy atom. The van der Waals surface area contributed by atoms with Gasteiger partial charge in [-0.15, -0.1) is 0 Å². The maximum atomic E-state index is 5.65. The van der Waals surface area contributed by atoms with Gasteiger partial charge in [0, 0.05) is 20.2 Å². The Labute approximate surface area is 104 Å². The molecule has 0 aliphatic rings. The molecule has 0 spiro atoms. The minimum Gasteiger partial charge on any atom is -0.491 e. The van der Waals surface area contributed by atoms with E-state index in [0.717, 1.165) is 18.8 Å². The minimum atomic E-state index is 0.215. The van der Waals surface area contributed by atoms with Crippen LogP contribution in [0.2, 0.25) is 0 Å². The van der Waals surface area contributed by atoms with Crippen LogP contribution in [0.3, 0.4) is 0 Å². The third-order valence-electron chi connectivity index (χ3n) is 2.43. The van der Waals surface area contributed by atoms with Crippen molar-refractivity contribution < 1.29 is 9.47 Å². The normalized spacial score (nSPS) is 12.8. The number of hydrogen-bond donors (Lipinski definition) is 1. The van der Waals surface area contributed by atoms with Crippen molar-refractivity contribution >= 4 is 0 Å². The summed E-state index contributed by atoms with van der Waals surface area (Å²) in [7, 11) is 1.73. The second kappa shape index (κ2) is 7.30. The van der Waals surface area contributed by atoms with Gasteiger partial charge in [-0.1, -0.05) is 12.1 Å². The van der Waals surface area contributed by atoms with Gasteiger partial charge in [-0.05, 0) is 38.5 Å². The van der Waals surface area contributed by atoms with E-state index in [1.807, 2.05) is 32.9 Å². The van der Waals surface area contributed by atoms with Crippen molar-refractivity contribution in [2.75, 3.05) is 13.7 Å². The minimum absolute atomic E-state index is 0.215. The van der Waals surface area contributed by atoms with Crippen LogP contribution in [0.1, 0.15) is 26.3 Å². The number of ether oxygens (including phenoxy) is 2. The second-order valence-electron chi connectivity index (χ2n) is 4.49. The number of benzene rings is 1. The Morgan fingerprint density at radius 2 is 2.00 bits per heavy atom. The molecule has 0 amide bonds. The smallest absolute Gasteiger partial charge is 0.120 e. The summed E-state index contributed by atoms with van der Waals surface area (Å²) in [6.45, 7) is 7.80. The molecule has 1 rings (SSSR count). The molecule has 0 aliphatic heterocycles. The van der Waals surface area contributed by atoms with E-state index in [2.05, 4.69) is 17.4 Å². The fraction of sp³-hybridized carbons (Fsp3) is 0.571. The van der Waals surface area contributed by atoms with Crippen molar-refractivity contribution in [3.05, 3.63) is 29.8 Å². The molecule has 96 valence electrons. The number of nitrogens with one attached hydrogen (secondary N) is 1. The standard InChI is InChI=1S/C14H23NO2/c1-11(2)17-14-7-5-6-13(8-14)10-15-9-12(3)16-4/h5-8,11-12,15H,9-10H2,1-4H3. The fourth-order valence-corrected chi connectivity index (χ4v) is 1.50. The van der Waals surface area contributed by atoms with Gasteiger partial charge in [-0.2, -0.15) is 0 Å². The van der Waals surface area contributed by atoms with E-state index in [0.29, 0.717) is 0 Å². The van der Waals surface area contributed by atoms with Gasteiger partial charge < -0.3 is 14.8 Å². The van der Waals surface area contributed by atoms with E-state index >= 15 is 0 Å². The molecule has 0 aromatic heterocycles. The highest BCUT2D eigenvalue weighted by Gasteiger charge is 2.01. The molecule has 0 bridgehead atoms. The maximum absolute atomic E-state index is 5.65. The van der Waals surface area contributed by atoms with E-state index in [1.54, 1.807) is 7.11 Å². The Bertz CT molecular complexity index is 326. The number of rotatable bonds is 7. The van der Waals surface area contributed by atoms with Gasteiger partial charge in [0.05, 0.1) is 12.2 Å². The van der Waals surface area contributed by atoms with Gasteiger partial charge in [0.2, 0.25) is 0 Å². The van der Waals surface area contributed by atoms with Crippen LogP contribution in [0.4, 0.5) is 0 Å². The molecule has 1 aromatic carbocycles. The summed E-state index contributed by atoms with van der Waals surface area (Å²) in [6, 6.07) is 8.18. The van der Waals surface area contributed by atoms with E-state index in [-0.39, 0.29) is 12.2 Å². The topological polar surface area (TPSA) is 30.5 Å². The molecule has 3 nitrogen and oxygen atoms in total.